The van der Waals surface area contributed by atoms with Crippen molar-refractivity contribution < 1.29 is 13.2 Å². The molecule has 0 aromatic heterocycles. The van der Waals surface area contributed by atoms with Gasteiger partial charge in [-0.25, -0.2) is 8.42 Å². The van der Waals surface area contributed by atoms with E-state index in [2.05, 4.69) is 26.2 Å². The van der Waals surface area contributed by atoms with E-state index in [1.165, 1.54) is 11.8 Å². The molecule has 0 radical (unpaired) electrons. The molecule has 2 aromatic rings. The molecule has 4 rings (SSSR count). The summed E-state index contributed by atoms with van der Waals surface area (Å²) in [7, 11) is -3.09. The van der Waals surface area contributed by atoms with Crippen LogP contribution in [0.15, 0.2) is 58.0 Å². The first-order valence-electron chi connectivity index (χ1n) is 9.13. The molecule has 29 heavy (non-hydrogen) atoms. The minimum absolute atomic E-state index is 0.0647. The molecule has 2 aromatic carbocycles. The molecule has 9 heteroatoms. The molecule has 2 heterocycles. The molecule has 0 unspecified atom stereocenters. The van der Waals surface area contributed by atoms with Crippen LogP contribution in [0.2, 0.25) is 0 Å². The topological polar surface area (TPSA) is 78.8 Å². The summed E-state index contributed by atoms with van der Waals surface area (Å²) in [5.74, 6) is 0.219. The van der Waals surface area contributed by atoms with E-state index in [9.17, 15) is 13.2 Å². The molecular weight excluding hydrogens is 474 g/mol. The Labute approximate surface area is 182 Å². The number of halogens is 1. The van der Waals surface area contributed by atoms with Crippen LogP contribution < -0.4 is 10.2 Å². The molecule has 1 amide bonds. The SMILES string of the molecule is Cc1ccc(N2C(SCC(=O)Nc3ccc(Br)cc3)=N[C@H]3CS(=O)(=O)C[C@@H]32)cc1. The number of amides is 1. The van der Waals surface area contributed by atoms with E-state index in [1.807, 2.05) is 60.4 Å². The van der Waals surface area contributed by atoms with Crippen LogP contribution in [0.1, 0.15) is 5.56 Å². The van der Waals surface area contributed by atoms with Crippen molar-refractivity contribution in [2.75, 3.05) is 27.5 Å². The van der Waals surface area contributed by atoms with Gasteiger partial charge in [-0.15, -0.1) is 0 Å². The second-order valence-corrected chi connectivity index (χ2v) is 11.2. The number of aryl methyl sites for hydroxylation is 1. The van der Waals surface area contributed by atoms with Crippen molar-refractivity contribution in [3.8, 4) is 0 Å². The molecule has 1 saturated heterocycles. The molecule has 6 nitrogen and oxygen atoms in total. The molecule has 1 fully saturated rings. The van der Waals surface area contributed by atoms with Gasteiger partial charge in [0.25, 0.3) is 0 Å². The minimum Gasteiger partial charge on any atom is -0.325 e. The summed E-state index contributed by atoms with van der Waals surface area (Å²) in [6.45, 7) is 2.01. The predicted molar refractivity (Wildman–Crippen MR) is 123 cm³/mol. The highest BCUT2D eigenvalue weighted by molar-refractivity contribution is 9.10. The summed E-state index contributed by atoms with van der Waals surface area (Å²) < 4.78 is 25.2. The van der Waals surface area contributed by atoms with Crippen LogP contribution in [-0.2, 0) is 14.6 Å². The fourth-order valence-electron chi connectivity index (χ4n) is 3.50. The fourth-order valence-corrected chi connectivity index (χ4v) is 6.53. The molecule has 0 bridgehead atoms. The van der Waals surface area contributed by atoms with E-state index < -0.39 is 9.84 Å². The average molecular weight is 494 g/mol. The highest BCUT2D eigenvalue weighted by Crippen LogP contribution is 2.35. The zero-order valence-corrected chi connectivity index (χ0v) is 18.9. The lowest BCUT2D eigenvalue weighted by Gasteiger charge is -2.26. The number of hydrogen-bond acceptors (Lipinski definition) is 6. The first kappa shape index (κ1) is 20.4. The average Bonchev–Trinajstić information content (AvgIpc) is 3.14. The third-order valence-corrected chi connectivity index (χ3v) is 8.07. The number of amidine groups is 1. The van der Waals surface area contributed by atoms with Crippen molar-refractivity contribution in [2.45, 2.75) is 19.0 Å². The number of benzene rings is 2. The number of anilines is 2. The van der Waals surface area contributed by atoms with Gasteiger partial charge in [0.2, 0.25) is 5.91 Å². The van der Waals surface area contributed by atoms with Gasteiger partial charge in [0.1, 0.15) is 0 Å². The molecule has 2 aliphatic rings. The number of carbonyl (C=O) groups is 1. The van der Waals surface area contributed by atoms with Crippen LogP contribution in [0.5, 0.6) is 0 Å². The molecule has 2 atom stereocenters. The Morgan fingerprint density at radius 3 is 2.55 bits per heavy atom. The second-order valence-electron chi connectivity index (χ2n) is 7.17. The minimum atomic E-state index is -3.09. The van der Waals surface area contributed by atoms with Gasteiger partial charge in [-0.05, 0) is 43.3 Å². The van der Waals surface area contributed by atoms with Crippen molar-refractivity contribution in [3.63, 3.8) is 0 Å². The van der Waals surface area contributed by atoms with E-state index in [-0.39, 0.29) is 35.2 Å². The van der Waals surface area contributed by atoms with Gasteiger partial charge in [-0.1, -0.05) is 45.4 Å². The number of sulfone groups is 1. The summed E-state index contributed by atoms with van der Waals surface area (Å²) in [4.78, 5) is 19.0. The lowest BCUT2D eigenvalue weighted by molar-refractivity contribution is -0.113. The summed E-state index contributed by atoms with van der Waals surface area (Å²) in [6, 6.07) is 14.8. The van der Waals surface area contributed by atoms with Gasteiger partial charge in [0.05, 0.1) is 29.3 Å². The van der Waals surface area contributed by atoms with Crippen molar-refractivity contribution >= 4 is 60.0 Å². The smallest absolute Gasteiger partial charge is 0.234 e. The highest BCUT2D eigenvalue weighted by Gasteiger charge is 2.47. The lowest BCUT2D eigenvalue weighted by atomic mass is 10.1. The predicted octanol–water partition coefficient (Wildman–Crippen LogP) is 3.47. The Hall–Kier alpha value is -1.84. The number of fused-ring (bicyclic) bond motifs is 1. The number of nitrogens with one attached hydrogen (secondary N) is 1. The molecule has 0 saturated carbocycles. The van der Waals surface area contributed by atoms with Gasteiger partial charge in [0, 0.05) is 15.8 Å². The van der Waals surface area contributed by atoms with Crippen molar-refractivity contribution in [3.05, 3.63) is 58.6 Å². The van der Waals surface area contributed by atoms with Crippen LogP contribution >= 0.6 is 27.7 Å². The summed E-state index contributed by atoms with van der Waals surface area (Å²) in [5, 5.41) is 3.57. The van der Waals surface area contributed by atoms with E-state index in [0.29, 0.717) is 5.17 Å². The summed E-state index contributed by atoms with van der Waals surface area (Å²) >= 11 is 4.71. The Balaban J connectivity index is 1.49. The van der Waals surface area contributed by atoms with Crippen molar-refractivity contribution in [1.82, 2.24) is 0 Å². The molecular formula is C20H20BrN3O3S2. The molecule has 0 aliphatic carbocycles. The molecule has 1 N–H and O–H groups in total. The second kappa shape index (κ2) is 8.12. The van der Waals surface area contributed by atoms with Gasteiger partial charge >= 0.3 is 0 Å². The van der Waals surface area contributed by atoms with Gasteiger partial charge < -0.3 is 10.2 Å². The van der Waals surface area contributed by atoms with Crippen LogP contribution in [0, 0.1) is 6.92 Å². The maximum Gasteiger partial charge on any atom is 0.234 e. The van der Waals surface area contributed by atoms with Crippen molar-refractivity contribution in [1.29, 1.82) is 0 Å². The number of rotatable bonds is 4. The van der Waals surface area contributed by atoms with Gasteiger partial charge in [0.15, 0.2) is 15.0 Å². The van der Waals surface area contributed by atoms with Gasteiger partial charge in [-0.3, -0.25) is 9.79 Å². The quantitative estimate of drug-likeness (QED) is 0.705. The van der Waals surface area contributed by atoms with Crippen LogP contribution in [-0.4, -0.2) is 48.8 Å². The Morgan fingerprint density at radius 1 is 1.17 bits per heavy atom. The molecule has 0 spiro atoms. The van der Waals surface area contributed by atoms with E-state index in [1.54, 1.807) is 0 Å². The summed E-state index contributed by atoms with van der Waals surface area (Å²) in [6.07, 6.45) is 0. The largest absolute Gasteiger partial charge is 0.325 e. The van der Waals surface area contributed by atoms with Crippen LogP contribution in [0.25, 0.3) is 0 Å². The lowest BCUT2D eigenvalue weighted by Crippen LogP contribution is -2.39. The number of carbonyl (C=O) groups excluding carboxylic acids is 1. The zero-order valence-electron chi connectivity index (χ0n) is 15.7. The number of hydrogen-bond donors (Lipinski definition) is 1. The first-order chi connectivity index (χ1) is 13.8. The Kier molecular flexibility index (Phi) is 5.72. The molecule has 2 aliphatic heterocycles. The third-order valence-electron chi connectivity index (χ3n) is 4.88. The van der Waals surface area contributed by atoms with E-state index >= 15 is 0 Å². The molecule has 152 valence electrons. The third kappa shape index (κ3) is 4.67. The maximum atomic E-state index is 12.4. The number of aliphatic imine (C=N–C) groups is 1. The Bertz CT molecular complexity index is 1050. The van der Waals surface area contributed by atoms with Crippen LogP contribution in [0.3, 0.4) is 0 Å². The Morgan fingerprint density at radius 2 is 1.86 bits per heavy atom. The van der Waals surface area contributed by atoms with Gasteiger partial charge in [-0.2, -0.15) is 0 Å². The standard InChI is InChI=1S/C20H20BrN3O3S2/c1-13-2-8-16(9-3-13)24-18-12-29(26,27)11-17(18)23-20(24)28-10-19(25)22-15-6-4-14(21)5-7-15/h2-9,17-18H,10-12H2,1H3,(H,22,25)/t17-,18-/m0/s1. The zero-order chi connectivity index (χ0) is 20.6. The first-order valence-corrected chi connectivity index (χ1v) is 12.7. The maximum absolute atomic E-state index is 12.4. The fraction of sp³-hybridized carbons (Fsp3) is 0.300. The summed E-state index contributed by atoms with van der Waals surface area (Å²) in [5.41, 5.74) is 2.76. The van der Waals surface area contributed by atoms with E-state index in [0.717, 1.165) is 21.4 Å². The monoisotopic (exact) mass is 493 g/mol. The van der Waals surface area contributed by atoms with Crippen LogP contribution in [0.4, 0.5) is 11.4 Å². The number of nitrogens with zero attached hydrogens (tertiary/aromatic N) is 2. The number of thioether (sulfide) groups is 1. The normalized spacial score (nSPS) is 22.3. The van der Waals surface area contributed by atoms with E-state index in [4.69, 9.17) is 0 Å². The van der Waals surface area contributed by atoms with Crippen molar-refractivity contribution in [2.24, 2.45) is 4.99 Å². The highest BCUT2D eigenvalue weighted by atomic mass is 79.9.